The Morgan fingerprint density at radius 3 is 1.47 bits per heavy atom. The van der Waals surface area contributed by atoms with Crippen molar-refractivity contribution in [1.29, 1.82) is 0 Å². The number of ketones is 2. The zero-order valence-corrected chi connectivity index (χ0v) is 10.4. The fraction of sp³-hybridized carbons (Fsp3) is 0.818. The van der Waals surface area contributed by atoms with Gasteiger partial charge in [-0.25, -0.2) is 0 Å². The molecule has 0 saturated heterocycles. The Balaban J connectivity index is 4.83. The van der Waals surface area contributed by atoms with Gasteiger partial charge in [0.1, 0.15) is 11.6 Å². The third kappa shape index (κ3) is 8.61. The molecule has 0 spiro atoms. The molecule has 19 heavy (non-hydrogen) atoms. The zero-order valence-electron chi connectivity index (χ0n) is 10.4. The lowest BCUT2D eigenvalue weighted by molar-refractivity contribution is -0.178. The SMILES string of the molecule is CC(C)C(=O)CC(=O)C(CC(F)(F)F)CC(F)(F)F. The lowest BCUT2D eigenvalue weighted by atomic mass is 9.90. The highest BCUT2D eigenvalue weighted by Crippen LogP contribution is 2.34. The molecule has 8 heteroatoms. The molecule has 2 nitrogen and oxygen atoms in total. The van der Waals surface area contributed by atoms with Crippen LogP contribution in [0, 0.1) is 11.8 Å². The van der Waals surface area contributed by atoms with E-state index < -0.39 is 55.0 Å². The lowest BCUT2D eigenvalue weighted by Crippen LogP contribution is -2.29. The first kappa shape index (κ1) is 17.9. The third-order valence-corrected chi connectivity index (χ3v) is 2.40. The molecule has 0 rings (SSSR count). The van der Waals surface area contributed by atoms with Crippen LogP contribution in [0.5, 0.6) is 0 Å². The molecular formula is C11H14F6O2. The summed E-state index contributed by atoms with van der Waals surface area (Å²) in [6, 6.07) is 0. The molecular weight excluding hydrogens is 278 g/mol. The molecule has 0 amide bonds. The van der Waals surface area contributed by atoms with E-state index in [-0.39, 0.29) is 0 Å². The Bertz CT molecular complexity index is 313. The van der Waals surface area contributed by atoms with Gasteiger partial charge in [0.2, 0.25) is 0 Å². The Labute approximate surface area is 106 Å². The van der Waals surface area contributed by atoms with Gasteiger partial charge in [-0.3, -0.25) is 9.59 Å². The van der Waals surface area contributed by atoms with Gasteiger partial charge in [0.25, 0.3) is 0 Å². The number of hydrogen-bond acceptors (Lipinski definition) is 2. The average molecular weight is 292 g/mol. The van der Waals surface area contributed by atoms with Crippen molar-refractivity contribution in [3.63, 3.8) is 0 Å². The van der Waals surface area contributed by atoms with Crippen molar-refractivity contribution in [3.05, 3.63) is 0 Å². The molecule has 0 saturated carbocycles. The first-order chi connectivity index (χ1) is 8.32. The van der Waals surface area contributed by atoms with Gasteiger partial charge in [0, 0.05) is 11.8 Å². The van der Waals surface area contributed by atoms with Gasteiger partial charge in [-0.2, -0.15) is 26.3 Å². The number of Topliss-reactive ketones (excluding diaryl/α,β-unsaturated/α-hetero) is 2. The third-order valence-electron chi connectivity index (χ3n) is 2.40. The van der Waals surface area contributed by atoms with Gasteiger partial charge in [0.05, 0.1) is 19.3 Å². The predicted octanol–water partition coefficient (Wildman–Crippen LogP) is 3.69. The van der Waals surface area contributed by atoms with Crippen LogP contribution in [0.15, 0.2) is 0 Å². The van der Waals surface area contributed by atoms with Crippen molar-refractivity contribution in [2.24, 2.45) is 11.8 Å². The minimum absolute atomic E-state index is 0.610. The van der Waals surface area contributed by atoms with E-state index in [0.29, 0.717) is 0 Å². The highest BCUT2D eigenvalue weighted by atomic mass is 19.4. The molecule has 0 aliphatic rings. The highest BCUT2D eigenvalue weighted by Gasteiger charge is 2.42. The van der Waals surface area contributed by atoms with Crippen molar-refractivity contribution < 1.29 is 35.9 Å². The maximum atomic E-state index is 12.1. The zero-order chi connectivity index (χ0) is 15.4. The Kier molecular flexibility index (Phi) is 6.02. The van der Waals surface area contributed by atoms with E-state index in [4.69, 9.17) is 0 Å². The van der Waals surface area contributed by atoms with Gasteiger partial charge < -0.3 is 0 Å². The number of carbonyl (C=O) groups is 2. The molecule has 0 unspecified atom stereocenters. The molecule has 0 radical (unpaired) electrons. The normalized spacial score (nSPS) is 13.2. The largest absolute Gasteiger partial charge is 0.389 e. The number of halogens is 6. The lowest BCUT2D eigenvalue weighted by Gasteiger charge is -2.19. The molecule has 0 aliphatic heterocycles. The second kappa shape index (κ2) is 6.38. The Hall–Kier alpha value is -1.08. The summed E-state index contributed by atoms with van der Waals surface area (Å²) in [5.41, 5.74) is 0. The van der Waals surface area contributed by atoms with Crippen molar-refractivity contribution in [3.8, 4) is 0 Å². The monoisotopic (exact) mass is 292 g/mol. The fourth-order valence-electron chi connectivity index (χ4n) is 1.38. The van der Waals surface area contributed by atoms with E-state index in [0.717, 1.165) is 0 Å². The van der Waals surface area contributed by atoms with E-state index in [1.54, 1.807) is 0 Å². The van der Waals surface area contributed by atoms with Crippen LogP contribution in [0.25, 0.3) is 0 Å². The summed E-state index contributed by atoms with van der Waals surface area (Å²) >= 11 is 0. The standard InChI is InChI=1S/C11H14F6O2/c1-6(2)8(18)3-9(19)7(4-10(12,13)14)5-11(15,16)17/h6-7H,3-5H2,1-2H3. The molecule has 0 aliphatic carbocycles. The summed E-state index contributed by atoms with van der Waals surface area (Å²) < 4.78 is 72.8. The van der Waals surface area contributed by atoms with Gasteiger partial charge in [0.15, 0.2) is 0 Å². The number of carbonyl (C=O) groups excluding carboxylic acids is 2. The molecule has 0 aromatic carbocycles. The van der Waals surface area contributed by atoms with Crippen molar-refractivity contribution in [1.82, 2.24) is 0 Å². The number of alkyl halides is 6. The van der Waals surface area contributed by atoms with Gasteiger partial charge >= 0.3 is 12.4 Å². The maximum Gasteiger partial charge on any atom is 0.389 e. The smallest absolute Gasteiger partial charge is 0.299 e. The van der Waals surface area contributed by atoms with E-state index in [9.17, 15) is 35.9 Å². The first-order valence-corrected chi connectivity index (χ1v) is 5.50. The van der Waals surface area contributed by atoms with Crippen LogP contribution in [-0.4, -0.2) is 23.9 Å². The minimum atomic E-state index is -4.88. The first-order valence-electron chi connectivity index (χ1n) is 5.50. The second-order valence-electron chi connectivity index (χ2n) is 4.60. The summed E-state index contributed by atoms with van der Waals surface area (Å²) in [6.07, 6.45) is -14.4. The van der Waals surface area contributed by atoms with Crippen molar-refractivity contribution >= 4 is 11.6 Å². The molecule has 0 aromatic heterocycles. The summed E-state index contributed by atoms with van der Waals surface area (Å²) in [7, 11) is 0. The van der Waals surface area contributed by atoms with E-state index in [1.807, 2.05) is 0 Å². The Morgan fingerprint density at radius 2 is 1.21 bits per heavy atom. The molecule has 0 atom stereocenters. The molecule has 0 aromatic rings. The van der Waals surface area contributed by atoms with Crippen LogP contribution < -0.4 is 0 Å². The van der Waals surface area contributed by atoms with Crippen LogP contribution >= 0.6 is 0 Å². The minimum Gasteiger partial charge on any atom is -0.299 e. The molecule has 0 bridgehead atoms. The van der Waals surface area contributed by atoms with Crippen LogP contribution in [0.4, 0.5) is 26.3 Å². The predicted molar refractivity (Wildman–Crippen MR) is 54.3 cm³/mol. The summed E-state index contributed by atoms with van der Waals surface area (Å²) in [4.78, 5) is 22.6. The van der Waals surface area contributed by atoms with Crippen molar-refractivity contribution in [2.45, 2.75) is 45.5 Å². The summed E-state index contributed by atoms with van der Waals surface area (Å²) in [5.74, 6) is -4.84. The van der Waals surface area contributed by atoms with Gasteiger partial charge in [-0.05, 0) is 0 Å². The van der Waals surface area contributed by atoms with E-state index >= 15 is 0 Å². The van der Waals surface area contributed by atoms with Crippen LogP contribution in [0.3, 0.4) is 0 Å². The second-order valence-corrected chi connectivity index (χ2v) is 4.60. The van der Waals surface area contributed by atoms with E-state index in [1.165, 1.54) is 13.8 Å². The molecule has 112 valence electrons. The van der Waals surface area contributed by atoms with Crippen LogP contribution in [-0.2, 0) is 9.59 Å². The summed E-state index contributed by atoms with van der Waals surface area (Å²) in [5, 5.41) is 0. The van der Waals surface area contributed by atoms with Crippen LogP contribution in [0.2, 0.25) is 0 Å². The van der Waals surface area contributed by atoms with Gasteiger partial charge in [-0.1, -0.05) is 13.8 Å². The number of hydrogen-bond donors (Lipinski definition) is 0. The average Bonchev–Trinajstić information content (AvgIpc) is 2.11. The van der Waals surface area contributed by atoms with Crippen LogP contribution in [0.1, 0.15) is 33.1 Å². The molecule has 0 fully saturated rings. The topological polar surface area (TPSA) is 34.1 Å². The maximum absolute atomic E-state index is 12.1. The fourth-order valence-corrected chi connectivity index (χ4v) is 1.38. The molecule has 0 heterocycles. The quantitative estimate of drug-likeness (QED) is 0.552. The Morgan fingerprint density at radius 1 is 0.842 bits per heavy atom. The molecule has 0 N–H and O–H groups in total. The van der Waals surface area contributed by atoms with Crippen molar-refractivity contribution in [2.75, 3.05) is 0 Å². The van der Waals surface area contributed by atoms with E-state index in [2.05, 4.69) is 0 Å². The van der Waals surface area contributed by atoms with Gasteiger partial charge in [-0.15, -0.1) is 0 Å². The summed E-state index contributed by atoms with van der Waals surface area (Å²) in [6.45, 7) is 2.83. The highest BCUT2D eigenvalue weighted by molar-refractivity contribution is 6.00. The number of rotatable bonds is 6.